The molecule has 2 heterocycles. The van der Waals surface area contributed by atoms with E-state index in [9.17, 15) is 9.59 Å². The molecular weight excluding hydrogens is 424 g/mol. The predicted octanol–water partition coefficient (Wildman–Crippen LogP) is 5.14. The average Bonchev–Trinajstić information content (AvgIpc) is 3.26. The van der Waals surface area contributed by atoms with Crippen molar-refractivity contribution in [2.24, 2.45) is 0 Å². The number of carbonyl (C=O) groups is 2. The Morgan fingerprint density at radius 2 is 2.00 bits per heavy atom. The average molecular weight is 451 g/mol. The van der Waals surface area contributed by atoms with Gasteiger partial charge in [-0.1, -0.05) is 44.2 Å². The van der Waals surface area contributed by atoms with Crippen molar-refractivity contribution in [1.82, 2.24) is 4.98 Å². The second kappa shape index (κ2) is 9.53. The first-order chi connectivity index (χ1) is 15.5. The molecular formula is C25H26N2O4S. The number of esters is 1. The number of rotatable bonds is 7. The fourth-order valence-electron chi connectivity index (χ4n) is 3.80. The molecule has 0 saturated carbocycles. The van der Waals surface area contributed by atoms with Crippen molar-refractivity contribution in [3.8, 4) is 17.0 Å². The smallest absolute Gasteiger partial charge is 0.329 e. The van der Waals surface area contributed by atoms with Crippen molar-refractivity contribution < 1.29 is 19.1 Å². The molecule has 1 amide bonds. The number of hydrogen-bond acceptors (Lipinski definition) is 6. The Kier molecular flexibility index (Phi) is 6.55. The van der Waals surface area contributed by atoms with Gasteiger partial charge in [-0.05, 0) is 43.5 Å². The maximum atomic E-state index is 13.3. The maximum absolute atomic E-state index is 13.3. The van der Waals surface area contributed by atoms with E-state index in [0.29, 0.717) is 24.3 Å². The number of aryl methyl sites for hydroxylation is 1. The van der Waals surface area contributed by atoms with Crippen LogP contribution in [-0.2, 0) is 20.9 Å². The molecule has 0 spiro atoms. The van der Waals surface area contributed by atoms with Crippen molar-refractivity contribution in [3.05, 3.63) is 64.5 Å². The Morgan fingerprint density at radius 1 is 1.22 bits per heavy atom. The molecule has 166 valence electrons. The lowest BCUT2D eigenvalue weighted by molar-refractivity contribution is -0.148. The summed E-state index contributed by atoms with van der Waals surface area (Å²) in [4.78, 5) is 32.5. The zero-order valence-electron chi connectivity index (χ0n) is 18.4. The van der Waals surface area contributed by atoms with E-state index in [4.69, 9.17) is 9.47 Å². The highest BCUT2D eigenvalue weighted by Crippen LogP contribution is 2.40. The third-order valence-electron chi connectivity index (χ3n) is 5.48. The fourth-order valence-corrected chi connectivity index (χ4v) is 4.42. The van der Waals surface area contributed by atoms with Crippen LogP contribution in [0.2, 0.25) is 0 Å². The Bertz CT molecular complexity index is 1110. The van der Waals surface area contributed by atoms with Crippen molar-refractivity contribution in [3.63, 3.8) is 0 Å². The molecule has 0 saturated heterocycles. The van der Waals surface area contributed by atoms with E-state index < -0.39 is 18.1 Å². The van der Waals surface area contributed by atoms with E-state index in [2.05, 4.69) is 4.98 Å². The minimum absolute atomic E-state index is 0.164. The number of anilines is 1. The van der Waals surface area contributed by atoms with Crippen LogP contribution in [0, 0.1) is 6.92 Å². The van der Waals surface area contributed by atoms with Gasteiger partial charge in [0.05, 0.1) is 16.4 Å². The van der Waals surface area contributed by atoms with E-state index in [0.717, 1.165) is 21.8 Å². The minimum atomic E-state index is -0.740. The Morgan fingerprint density at radius 3 is 2.66 bits per heavy atom. The lowest BCUT2D eigenvalue weighted by atomic mass is 10.0. The number of nitrogens with zero attached hydrogens (tertiary/aromatic N) is 2. The number of amides is 1. The number of fused-ring (bicyclic) bond motifs is 1. The summed E-state index contributed by atoms with van der Waals surface area (Å²) in [5, 5.41) is 2.94. The molecule has 2 atom stereocenters. The summed E-state index contributed by atoms with van der Waals surface area (Å²) < 4.78 is 11.6. The lowest BCUT2D eigenvalue weighted by Gasteiger charge is -2.37. The van der Waals surface area contributed by atoms with Crippen molar-refractivity contribution in [1.29, 1.82) is 0 Å². The molecule has 7 heteroatoms. The fraction of sp³-hybridized carbons (Fsp3) is 0.320. The second-order valence-corrected chi connectivity index (χ2v) is 8.74. The molecule has 1 aliphatic heterocycles. The SMILES string of the molecule is CCC1Oc2ccc(-c3csc(C)n3)cc2N(C(CC)C(=O)OCc2ccccc2)C1=O. The van der Waals surface area contributed by atoms with E-state index in [-0.39, 0.29) is 12.5 Å². The molecule has 4 rings (SSSR count). The van der Waals surface area contributed by atoms with Gasteiger partial charge in [-0.25, -0.2) is 9.78 Å². The highest BCUT2D eigenvalue weighted by atomic mass is 32.1. The van der Waals surface area contributed by atoms with Crippen LogP contribution in [0.1, 0.15) is 37.3 Å². The monoisotopic (exact) mass is 450 g/mol. The Balaban J connectivity index is 1.67. The molecule has 0 N–H and O–H groups in total. The standard InChI is InChI=1S/C25H26N2O4S/c1-4-20(25(29)30-14-17-9-7-6-8-10-17)27-21-13-18(19-15-32-16(3)26-19)11-12-23(21)31-22(5-2)24(27)28/h6-13,15,20,22H,4-5,14H2,1-3H3. The Hall–Kier alpha value is -3.19. The van der Waals surface area contributed by atoms with Gasteiger partial charge in [0, 0.05) is 10.9 Å². The molecule has 1 aliphatic rings. The van der Waals surface area contributed by atoms with Crippen LogP contribution < -0.4 is 9.64 Å². The topological polar surface area (TPSA) is 68.7 Å². The number of carbonyl (C=O) groups excluding carboxylic acids is 2. The minimum Gasteiger partial charge on any atom is -0.478 e. The van der Waals surface area contributed by atoms with Crippen molar-refractivity contribution in [2.75, 3.05) is 4.90 Å². The van der Waals surface area contributed by atoms with Crippen LogP contribution in [0.3, 0.4) is 0 Å². The third-order valence-corrected chi connectivity index (χ3v) is 6.25. The largest absolute Gasteiger partial charge is 0.478 e. The van der Waals surface area contributed by atoms with E-state index in [1.54, 1.807) is 16.2 Å². The van der Waals surface area contributed by atoms with Crippen LogP contribution in [0.15, 0.2) is 53.9 Å². The highest BCUT2D eigenvalue weighted by molar-refractivity contribution is 7.09. The maximum Gasteiger partial charge on any atom is 0.329 e. The van der Waals surface area contributed by atoms with Crippen LogP contribution in [0.4, 0.5) is 5.69 Å². The van der Waals surface area contributed by atoms with Gasteiger partial charge >= 0.3 is 5.97 Å². The first kappa shape index (κ1) is 22.0. The van der Waals surface area contributed by atoms with Gasteiger partial charge < -0.3 is 9.47 Å². The summed E-state index contributed by atoms with van der Waals surface area (Å²) >= 11 is 1.57. The molecule has 0 fully saturated rings. The normalized spacial score (nSPS) is 16.3. The summed E-state index contributed by atoms with van der Waals surface area (Å²) in [5.74, 6) is -0.0705. The number of benzene rings is 2. The summed E-state index contributed by atoms with van der Waals surface area (Å²) in [7, 11) is 0. The quantitative estimate of drug-likeness (QED) is 0.466. The number of ether oxygens (including phenoxy) is 2. The molecule has 6 nitrogen and oxygen atoms in total. The van der Waals surface area contributed by atoms with E-state index >= 15 is 0 Å². The van der Waals surface area contributed by atoms with E-state index in [1.807, 2.05) is 74.7 Å². The molecule has 0 bridgehead atoms. The molecule has 2 aromatic carbocycles. The van der Waals surface area contributed by atoms with E-state index in [1.165, 1.54) is 0 Å². The number of hydrogen-bond donors (Lipinski definition) is 0. The highest BCUT2D eigenvalue weighted by Gasteiger charge is 2.40. The lowest BCUT2D eigenvalue weighted by Crippen LogP contribution is -2.53. The summed E-state index contributed by atoms with van der Waals surface area (Å²) in [6.45, 7) is 5.89. The molecule has 32 heavy (non-hydrogen) atoms. The van der Waals surface area contributed by atoms with Gasteiger partial charge in [0.15, 0.2) is 6.10 Å². The summed E-state index contributed by atoms with van der Waals surface area (Å²) in [6, 6.07) is 14.4. The number of thiazole rings is 1. The first-order valence-corrected chi connectivity index (χ1v) is 11.7. The van der Waals surface area contributed by atoms with Crippen molar-refractivity contribution in [2.45, 2.75) is 52.4 Å². The van der Waals surface area contributed by atoms with Crippen molar-refractivity contribution >= 4 is 28.9 Å². The van der Waals surface area contributed by atoms with Crippen LogP contribution in [0.25, 0.3) is 11.3 Å². The van der Waals surface area contributed by atoms with Crippen LogP contribution >= 0.6 is 11.3 Å². The molecule has 3 aromatic rings. The molecule has 2 unspecified atom stereocenters. The van der Waals surface area contributed by atoms with Gasteiger partial charge in [0.25, 0.3) is 5.91 Å². The van der Waals surface area contributed by atoms with Crippen LogP contribution in [0.5, 0.6) is 5.75 Å². The zero-order valence-corrected chi connectivity index (χ0v) is 19.2. The molecule has 0 aliphatic carbocycles. The van der Waals surface area contributed by atoms with Gasteiger partial charge in [-0.3, -0.25) is 9.69 Å². The van der Waals surface area contributed by atoms with Gasteiger partial charge in [0.2, 0.25) is 0 Å². The first-order valence-electron chi connectivity index (χ1n) is 10.8. The summed E-state index contributed by atoms with van der Waals surface area (Å²) in [5.41, 5.74) is 3.18. The van der Waals surface area contributed by atoms with Gasteiger partial charge in [0.1, 0.15) is 18.4 Å². The molecule has 1 aromatic heterocycles. The van der Waals surface area contributed by atoms with Crippen LogP contribution in [-0.4, -0.2) is 29.0 Å². The molecule has 0 radical (unpaired) electrons. The second-order valence-electron chi connectivity index (χ2n) is 7.67. The zero-order chi connectivity index (χ0) is 22.7. The predicted molar refractivity (Wildman–Crippen MR) is 125 cm³/mol. The Labute approximate surface area is 191 Å². The summed E-state index contributed by atoms with van der Waals surface area (Å²) in [6.07, 6.45) is 0.304. The van der Waals surface area contributed by atoms with Gasteiger partial charge in [-0.15, -0.1) is 11.3 Å². The van der Waals surface area contributed by atoms with Gasteiger partial charge in [-0.2, -0.15) is 0 Å². The number of aromatic nitrogens is 1. The third kappa shape index (κ3) is 4.39.